The van der Waals surface area contributed by atoms with Crippen LogP contribution in [0, 0.1) is 10.1 Å². The zero-order valence-corrected chi connectivity index (χ0v) is 19.4. The van der Waals surface area contributed by atoms with Gasteiger partial charge < -0.3 is 9.47 Å². The molecule has 0 unspecified atom stereocenters. The van der Waals surface area contributed by atoms with Crippen molar-refractivity contribution < 1.29 is 24.0 Å². The maximum Gasteiger partial charge on any atom is 0.355 e. The van der Waals surface area contributed by atoms with Crippen molar-refractivity contribution in [2.45, 2.75) is 0 Å². The Morgan fingerprint density at radius 2 is 1.86 bits per heavy atom. The van der Waals surface area contributed by atoms with E-state index in [1.807, 2.05) is 24.3 Å². The topological polar surface area (TPSA) is 120 Å². The van der Waals surface area contributed by atoms with Crippen molar-refractivity contribution in [1.82, 2.24) is 5.43 Å². The van der Waals surface area contributed by atoms with Crippen molar-refractivity contribution in [3.63, 3.8) is 0 Å². The normalized spacial score (nSPS) is 10.9. The van der Waals surface area contributed by atoms with Gasteiger partial charge in [0.2, 0.25) is 0 Å². The number of nitrogens with one attached hydrogen (secondary N) is 1. The van der Waals surface area contributed by atoms with Crippen LogP contribution in [0.3, 0.4) is 0 Å². The highest BCUT2D eigenvalue weighted by Gasteiger charge is 2.19. The highest BCUT2D eigenvalue weighted by molar-refractivity contribution is 7.21. The van der Waals surface area contributed by atoms with Crippen molar-refractivity contribution in [3.05, 3.63) is 98.4 Å². The SMILES string of the molecule is O=C(COc1ccccc1[N+](=O)[O-])N/N=C\c1cccc(OC(=O)c2sc3ccccc3c2Cl)c1. The Bertz CT molecular complexity index is 1450. The van der Waals surface area contributed by atoms with Gasteiger partial charge in [0, 0.05) is 16.2 Å². The summed E-state index contributed by atoms with van der Waals surface area (Å²) in [7, 11) is 0. The number of nitro groups is 1. The summed E-state index contributed by atoms with van der Waals surface area (Å²) in [5.74, 6) is -0.935. The van der Waals surface area contributed by atoms with Crippen LogP contribution in [-0.2, 0) is 4.79 Å². The molecule has 9 nitrogen and oxygen atoms in total. The van der Waals surface area contributed by atoms with Gasteiger partial charge in [-0.15, -0.1) is 11.3 Å². The van der Waals surface area contributed by atoms with E-state index in [4.69, 9.17) is 21.1 Å². The van der Waals surface area contributed by atoms with E-state index in [1.54, 1.807) is 30.3 Å². The predicted molar refractivity (Wildman–Crippen MR) is 133 cm³/mol. The van der Waals surface area contributed by atoms with E-state index in [0.717, 1.165) is 10.1 Å². The van der Waals surface area contributed by atoms with Gasteiger partial charge in [0.15, 0.2) is 12.4 Å². The second-order valence-electron chi connectivity index (χ2n) is 7.01. The quantitative estimate of drug-likeness (QED) is 0.114. The number of hydrogen-bond donors (Lipinski definition) is 1. The summed E-state index contributed by atoms with van der Waals surface area (Å²) < 4.78 is 11.5. The molecule has 0 atom stereocenters. The zero-order chi connectivity index (χ0) is 24.8. The molecule has 0 aliphatic rings. The van der Waals surface area contributed by atoms with E-state index in [1.165, 1.54) is 35.8 Å². The first-order chi connectivity index (χ1) is 16.9. The van der Waals surface area contributed by atoms with E-state index in [9.17, 15) is 19.7 Å². The number of ether oxygens (including phenoxy) is 2. The van der Waals surface area contributed by atoms with Gasteiger partial charge in [-0.1, -0.05) is 54.1 Å². The number of nitrogens with zero attached hydrogens (tertiary/aromatic N) is 2. The standard InChI is InChI=1S/C24H16ClN3O6S/c25-22-17-8-1-4-11-20(17)35-23(22)24(30)34-16-7-5-6-15(12-16)13-26-27-21(29)14-33-19-10-3-2-9-18(19)28(31)32/h1-13H,14H2,(H,27,29)/b26-13-. The fraction of sp³-hybridized carbons (Fsp3) is 0.0417. The summed E-state index contributed by atoms with van der Waals surface area (Å²) in [6.45, 7) is -0.463. The summed E-state index contributed by atoms with van der Waals surface area (Å²) >= 11 is 7.59. The molecule has 1 aromatic heterocycles. The number of halogens is 1. The molecule has 3 aromatic carbocycles. The molecule has 0 saturated heterocycles. The summed E-state index contributed by atoms with van der Waals surface area (Å²) in [6.07, 6.45) is 1.35. The third-order valence-electron chi connectivity index (χ3n) is 4.61. The van der Waals surface area contributed by atoms with Crippen LogP contribution in [0.15, 0.2) is 77.9 Å². The number of nitro benzene ring substituents is 1. The lowest BCUT2D eigenvalue weighted by atomic mass is 10.2. The highest BCUT2D eigenvalue weighted by Crippen LogP contribution is 2.35. The number of fused-ring (bicyclic) bond motifs is 1. The summed E-state index contributed by atoms with van der Waals surface area (Å²) in [6, 6.07) is 19.7. The Labute approximate surface area is 207 Å². The van der Waals surface area contributed by atoms with Crippen molar-refractivity contribution in [1.29, 1.82) is 0 Å². The molecule has 0 fully saturated rings. The molecule has 0 saturated carbocycles. The van der Waals surface area contributed by atoms with Crippen molar-refractivity contribution in [3.8, 4) is 11.5 Å². The highest BCUT2D eigenvalue weighted by atomic mass is 35.5. The predicted octanol–water partition coefficient (Wildman–Crippen LogP) is 5.21. The molecular weight excluding hydrogens is 494 g/mol. The average Bonchev–Trinajstić information content (AvgIpc) is 3.20. The monoisotopic (exact) mass is 509 g/mol. The average molecular weight is 510 g/mol. The van der Waals surface area contributed by atoms with Crippen LogP contribution < -0.4 is 14.9 Å². The van der Waals surface area contributed by atoms with E-state index >= 15 is 0 Å². The maximum atomic E-state index is 12.6. The molecule has 0 aliphatic heterocycles. The van der Waals surface area contributed by atoms with Crippen LogP contribution >= 0.6 is 22.9 Å². The Hall–Kier alpha value is -4.28. The van der Waals surface area contributed by atoms with Gasteiger partial charge in [0.05, 0.1) is 16.2 Å². The number of esters is 1. The van der Waals surface area contributed by atoms with Crippen LogP contribution in [0.4, 0.5) is 5.69 Å². The minimum atomic E-state index is -0.610. The number of hydrazone groups is 1. The zero-order valence-electron chi connectivity index (χ0n) is 17.8. The second kappa shape index (κ2) is 10.8. The van der Waals surface area contributed by atoms with Crippen LogP contribution in [0.25, 0.3) is 10.1 Å². The van der Waals surface area contributed by atoms with Crippen molar-refractivity contribution >= 4 is 56.8 Å². The van der Waals surface area contributed by atoms with Gasteiger partial charge in [0.1, 0.15) is 10.6 Å². The van der Waals surface area contributed by atoms with Crippen molar-refractivity contribution in [2.24, 2.45) is 5.10 Å². The molecule has 11 heteroatoms. The Morgan fingerprint density at radius 1 is 1.09 bits per heavy atom. The Kier molecular flexibility index (Phi) is 7.34. The Morgan fingerprint density at radius 3 is 2.66 bits per heavy atom. The summed E-state index contributed by atoms with van der Waals surface area (Å²) in [5.41, 5.74) is 2.58. The molecule has 0 bridgehead atoms. The summed E-state index contributed by atoms with van der Waals surface area (Å²) in [4.78, 5) is 35.3. The van der Waals surface area contributed by atoms with Gasteiger partial charge >= 0.3 is 11.7 Å². The number of benzene rings is 3. The molecule has 1 N–H and O–H groups in total. The van der Waals surface area contributed by atoms with E-state index < -0.39 is 23.4 Å². The molecule has 1 amide bonds. The molecule has 1 heterocycles. The van der Waals surface area contributed by atoms with Gasteiger partial charge in [0.25, 0.3) is 5.91 Å². The molecule has 0 aliphatic carbocycles. The largest absolute Gasteiger partial charge is 0.477 e. The number of carbonyl (C=O) groups is 2. The molecule has 0 spiro atoms. The fourth-order valence-corrected chi connectivity index (χ4v) is 4.43. The number of amides is 1. The van der Waals surface area contributed by atoms with Gasteiger partial charge in [-0.3, -0.25) is 14.9 Å². The lowest BCUT2D eigenvalue weighted by Gasteiger charge is -2.05. The van der Waals surface area contributed by atoms with Crippen LogP contribution in [0.1, 0.15) is 15.2 Å². The number of hydrogen-bond acceptors (Lipinski definition) is 8. The first-order valence-electron chi connectivity index (χ1n) is 10.1. The van der Waals surface area contributed by atoms with Gasteiger partial charge in [-0.2, -0.15) is 5.10 Å². The number of carbonyl (C=O) groups excluding carboxylic acids is 2. The molecule has 35 heavy (non-hydrogen) atoms. The molecule has 176 valence electrons. The maximum absolute atomic E-state index is 12.6. The summed E-state index contributed by atoms with van der Waals surface area (Å²) in [5, 5.41) is 16.0. The smallest absolute Gasteiger partial charge is 0.355 e. The minimum Gasteiger partial charge on any atom is -0.477 e. The first-order valence-corrected chi connectivity index (χ1v) is 11.3. The number of para-hydroxylation sites is 2. The van der Waals surface area contributed by atoms with Crippen LogP contribution in [0.2, 0.25) is 5.02 Å². The minimum absolute atomic E-state index is 0.0233. The second-order valence-corrected chi connectivity index (χ2v) is 8.44. The van der Waals surface area contributed by atoms with E-state index in [0.29, 0.717) is 15.5 Å². The van der Waals surface area contributed by atoms with Crippen LogP contribution in [0.5, 0.6) is 11.5 Å². The number of rotatable bonds is 8. The number of thiophene rings is 1. The molecule has 4 rings (SSSR count). The van der Waals surface area contributed by atoms with E-state index in [2.05, 4.69) is 10.5 Å². The van der Waals surface area contributed by atoms with Crippen molar-refractivity contribution in [2.75, 3.05) is 6.61 Å². The molecule has 0 radical (unpaired) electrons. The van der Waals surface area contributed by atoms with Crippen LogP contribution in [-0.4, -0.2) is 29.6 Å². The lowest BCUT2D eigenvalue weighted by Crippen LogP contribution is -2.24. The third kappa shape index (κ3) is 5.81. The molecular formula is C24H16ClN3O6S. The lowest BCUT2D eigenvalue weighted by molar-refractivity contribution is -0.385. The first kappa shape index (κ1) is 23.9. The Balaban J connectivity index is 1.34. The third-order valence-corrected chi connectivity index (χ3v) is 6.27. The van der Waals surface area contributed by atoms with E-state index in [-0.39, 0.29) is 17.2 Å². The molecule has 4 aromatic rings. The van der Waals surface area contributed by atoms with Gasteiger partial charge in [-0.25, -0.2) is 10.2 Å². The van der Waals surface area contributed by atoms with Gasteiger partial charge in [-0.05, 0) is 29.8 Å². The fourth-order valence-electron chi connectivity index (χ4n) is 3.04.